The van der Waals surface area contributed by atoms with Crippen LogP contribution in [-0.2, 0) is 5.41 Å². The molecule has 2 amide bonds. The maximum absolute atomic E-state index is 13.1. The zero-order valence-corrected chi connectivity index (χ0v) is 21.8. The first-order valence-corrected chi connectivity index (χ1v) is 12.9. The van der Waals surface area contributed by atoms with Gasteiger partial charge < -0.3 is 25.4 Å². The second-order valence-corrected chi connectivity index (χ2v) is 10.8. The number of nitrogens with one attached hydrogen (secondary N) is 3. The van der Waals surface area contributed by atoms with Crippen LogP contribution in [0.15, 0.2) is 55.0 Å². The molecule has 1 saturated heterocycles. The molecule has 0 bridgehead atoms. The summed E-state index contributed by atoms with van der Waals surface area (Å²) in [6, 6.07) is 11.6. The summed E-state index contributed by atoms with van der Waals surface area (Å²) in [5.41, 5.74) is 5.24. The molecular weight excluding hydrogens is 478 g/mol. The molecule has 0 atom stereocenters. The largest absolute Gasteiger partial charge is 0.354 e. The van der Waals surface area contributed by atoms with Gasteiger partial charge >= 0.3 is 0 Å². The van der Waals surface area contributed by atoms with Gasteiger partial charge in [0.15, 0.2) is 0 Å². The van der Waals surface area contributed by atoms with E-state index in [4.69, 9.17) is 0 Å². The Hall–Kier alpha value is -4.24. The summed E-state index contributed by atoms with van der Waals surface area (Å²) in [6.07, 6.45) is 5.17. The number of piperazine rings is 1. The Labute approximate surface area is 221 Å². The zero-order valence-electron chi connectivity index (χ0n) is 21.8. The number of likely N-dealkylation sites (N-methyl/N-ethyl adjacent to an activating group) is 1. The number of aromatic nitrogens is 3. The first kappa shape index (κ1) is 24.1. The number of hydrogen-bond donors (Lipinski definition) is 3. The summed E-state index contributed by atoms with van der Waals surface area (Å²) >= 11 is 0. The minimum Gasteiger partial charge on any atom is -0.354 e. The van der Waals surface area contributed by atoms with Crippen LogP contribution >= 0.6 is 0 Å². The number of aromatic amines is 1. The lowest BCUT2D eigenvalue weighted by atomic mass is 9.78. The Bertz CT molecular complexity index is 1530. The molecule has 9 heteroatoms. The summed E-state index contributed by atoms with van der Waals surface area (Å²) in [4.78, 5) is 42.3. The molecule has 0 radical (unpaired) electrons. The molecule has 5 heterocycles. The normalized spacial score (nSPS) is 17.2. The summed E-state index contributed by atoms with van der Waals surface area (Å²) in [5.74, 6) is 0.627. The first-order chi connectivity index (χ1) is 18.3. The number of fused-ring (bicyclic) bond motifs is 2. The fraction of sp³-hybridized carbons (Fsp3) is 0.310. The monoisotopic (exact) mass is 509 g/mol. The number of H-pyrrole nitrogens is 1. The van der Waals surface area contributed by atoms with E-state index in [1.54, 1.807) is 12.4 Å². The second-order valence-electron chi connectivity index (χ2n) is 10.8. The summed E-state index contributed by atoms with van der Waals surface area (Å²) in [6.45, 7) is 8.74. The Morgan fingerprint density at radius 1 is 1.00 bits per heavy atom. The summed E-state index contributed by atoms with van der Waals surface area (Å²) in [5, 5.41) is 6.76. The van der Waals surface area contributed by atoms with Crippen LogP contribution in [0.25, 0.3) is 22.2 Å². The van der Waals surface area contributed by atoms with Crippen LogP contribution in [0, 0.1) is 0 Å². The van der Waals surface area contributed by atoms with E-state index in [1.165, 1.54) is 0 Å². The maximum atomic E-state index is 13.1. The number of hydrogen-bond acceptors (Lipinski definition) is 6. The highest BCUT2D eigenvalue weighted by Gasteiger charge is 2.31. The van der Waals surface area contributed by atoms with E-state index in [9.17, 15) is 9.59 Å². The van der Waals surface area contributed by atoms with E-state index < -0.39 is 0 Å². The highest BCUT2D eigenvalue weighted by Crippen LogP contribution is 2.35. The second kappa shape index (κ2) is 9.25. The number of nitrogens with zero attached hydrogens (tertiary/aromatic N) is 4. The van der Waals surface area contributed by atoms with Gasteiger partial charge in [0.2, 0.25) is 0 Å². The zero-order chi connectivity index (χ0) is 26.4. The van der Waals surface area contributed by atoms with Crippen molar-refractivity contribution in [1.82, 2.24) is 25.2 Å². The van der Waals surface area contributed by atoms with Crippen molar-refractivity contribution in [2.45, 2.75) is 19.3 Å². The predicted molar refractivity (Wildman–Crippen MR) is 149 cm³/mol. The van der Waals surface area contributed by atoms with Crippen LogP contribution in [0.1, 0.15) is 40.1 Å². The van der Waals surface area contributed by atoms with Gasteiger partial charge in [0, 0.05) is 67.0 Å². The van der Waals surface area contributed by atoms with Gasteiger partial charge in [0.1, 0.15) is 11.5 Å². The number of anilines is 2. The third-order valence-electron chi connectivity index (χ3n) is 7.62. The SMILES string of the molecule is CN1CCN(c2ccc(NC(=O)c3cnc4[nH]cc(-c5ccc6c(c5)C(C)(C)CNC6=O)c4c3)cn2)CC1. The van der Waals surface area contributed by atoms with E-state index in [1.807, 2.05) is 36.5 Å². The van der Waals surface area contributed by atoms with Crippen molar-refractivity contribution in [2.75, 3.05) is 50.0 Å². The summed E-state index contributed by atoms with van der Waals surface area (Å²) < 4.78 is 0. The number of benzene rings is 1. The molecule has 194 valence electrons. The number of rotatable bonds is 4. The molecule has 6 rings (SSSR count). The minimum absolute atomic E-state index is 0.0449. The highest BCUT2D eigenvalue weighted by molar-refractivity contribution is 6.07. The van der Waals surface area contributed by atoms with Gasteiger partial charge in [-0.25, -0.2) is 9.97 Å². The lowest BCUT2D eigenvalue weighted by Crippen LogP contribution is -2.44. The van der Waals surface area contributed by atoms with E-state index >= 15 is 0 Å². The van der Waals surface area contributed by atoms with Crippen molar-refractivity contribution in [3.63, 3.8) is 0 Å². The van der Waals surface area contributed by atoms with Crippen molar-refractivity contribution in [3.05, 3.63) is 71.7 Å². The van der Waals surface area contributed by atoms with Crippen LogP contribution in [-0.4, -0.2) is 71.4 Å². The Morgan fingerprint density at radius 2 is 1.82 bits per heavy atom. The van der Waals surface area contributed by atoms with Gasteiger partial charge in [-0.1, -0.05) is 19.9 Å². The average molecular weight is 510 g/mol. The standard InChI is InChI=1S/C29H31N7O2/c1-29(2)17-33-28(38)21-6-4-18(13-24(21)29)23-16-32-26-22(23)12-19(14-31-26)27(37)34-20-5-7-25(30-15-20)36-10-8-35(3)9-11-36/h4-7,12-16H,8-11,17H2,1-3H3,(H,31,32)(H,33,38)(H,34,37). The molecule has 3 N–H and O–H groups in total. The predicted octanol–water partition coefficient (Wildman–Crippen LogP) is 3.65. The molecule has 0 aliphatic carbocycles. The van der Waals surface area contributed by atoms with Crippen LogP contribution < -0.4 is 15.5 Å². The quantitative estimate of drug-likeness (QED) is 0.388. The number of amides is 2. The first-order valence-electron chi connectivity index (χ1n) is 12.9. The third-order valence-corrected chi connectivity index (χ3v) is 7.62. The average Bonchev–Trinajstić information content (AvgIpc) is 3.35. The molecule has 0 unspecified atom stereocenters. The highest BCUT2D eigenvalue weighted by atomic mass is 16.2. The van der Waals surface area contributed by atoms with Gasteiger partial charge in [0.25, 0.3) is 11.8 Å². The topological polar surface area (TPSA) is 106 Å². The molecule has 2 aliphatic rings. The Balaban J connectivity index is 1.24. The number of pyridine rings is 2. The Kier molecular flexibility index (Phi) is 5.87. The van der Waals surface area contributed by atoms with Gasteiger partial charge in [-0.2, -0.15) is 0 Å². The fourth-order valence-corrected chi connectivity index (χ4v) is 5.21. The van der Waals surface area contributed by atoms with Crippen LogP contribution in [0.5, 0.6) is 0 Å². The molecule has 1 fully saturated rings. The smallest absolute Gasteiger partial charge is 0.257 e. The van der Waals surface area contributed by atoms with Crippen LogP contribution in [0.3, 0.4) is 0 Å². The Morgan fingerprint density at radius 3 is 2.58 bits per heavy atom. The van der Waals surface area contributed by atoms with Crippen molar-refractivity contribution in [2.24, 2.45) is 0 Å². The van der Waals surface area contributed by atoms with E-state index in [0.29, 0.717) is 29.0 Å². The number of carbonyl (C=O) groups is 2. The van der Waals surface area contributed by atoms with Crippen molar-refractivity contribution >= 4 is 34.4 Å². The van der Waals surface area contributed by atoms with Gasteiger partial charge in [-0.15, -0.1) is 0 Å². The van der Waals surface area contributed by atoms with Crippen molar-refractivity contribution in [3.8, 4) is 11.1 Å². The fourth-order valence-electron chi connectivity index (χ4n) is 5.21. The minimum atomic E-state index is -0.246. The molecule has 4 aromatic rings. The maximum Gasteiger partial charge on any atom is 0.257 e. The number of carbonyl (C=O) groups excluding carboxylic acids is 2. The molecule has 2 aliphatic heterocycles. The molecule has 3 aromatic heterocycles. The molecular formula is C29H31N7O2. The molecule has 1 aromatic carbocycles. The molecule has 38 heavy (non-hydrogen) atoms. The van der Waals surface area contributed by atoms with E-state index in [-0.39, 0.29) is 17.2 Å². The van der Waals surface area contributed by atoms with Gasteiger partial charge in [-0.3, -0.25) is 9.59 Å². The lowest BCUT2D eigenvalue weighted by Gasteiger charge is -2.33. The third kappa shape index (κ3) is 4.39. The molecule has 0 saturated carbocycles. The van der Waals surface area contributed by atoms with Crippen LogP contribution in [0.4, 0.5) is 11.5 Å². The van der Waals surface area contributed by atoms with Gasteiger partial charge in [-0.05, 0) is 48.5 Å². The van der Waals surface area contributed by atoms with Crippen molar-refractivity contribution in [1.29, 1.82) is 0 Å². The van der Waals surface area contributed by atoms with E-state index in [0.717, 1.165) is 54.1 Å². The summed E-state index contributed by atoms with van der Waals surface area (Å²) in [7, 11) is 2.12. The van der Waals surface area contributed by atoms with E-state index in [2.05, 4.69) is 62.3 Å². The van der Waals surface area contributed by atoms with Crippen LogP contribution in [0.2, 0.25) is 0 Å². The molecule has 0 spiro atoms. The lowest BCUT2D eigenvalue weighted by molar-refractivity contribution is 0.0929. The molecule has 9 nitrogen and oxygen atoms in total. The van der Waals surface area contributed by atoms with Gasteiger partial charge in [0.05, 0.1) is 17.4 Å². The van der Waals surface area contributed by atoms with Crippen molar-refractivity contribution < 1.29 is 9.59 Å².